The fourth-order valence-corrected chi connectivity index (χ4v) is 4.78. The minimum atomic E-state index is -3.06. The number of fused-ring (bicyclic) bond motifs is 1. The molecule has 1 fully saturated rings. The van der Waals surface area contributed by atoms with Gasteiger partial charge >= 0.3 is 0 Å². The normalized spacial score (nSPS) is 15.3. The number of carbonyl (C=O) groups excluding carboxylic acids is 2. The molecule has 0 bridgehead atoms. The average molecular weight is 532 g/mol. The molecule has 1 amide bonds. The number of amides is 1. The van der Waals surface area contributed by atoms with Gasteiger partial charge in [0.25, 0.3) is 11.8 Å². The number of halogens is 3. The summed E-state index contributed by atoms with van der Waals surface area (Å²) in [5.41, 5.74) is 1.17. The summed E-state index contributed by atoms with van der Waals surface area (Å²) in [6.07, 6.45) is 6.61. The van der Waals surface area contributed by atoms with E-state index >= 15 is 4.39 Å². The number of Topliss-reactive ketones (excluding diaryl/α,β-unsaturated/α-hetero) is 1. The molecule has 198 valence electrons. The predicted octanol–water partition coefficient (Wildman–Crippen LogP) is 4.81. The molecule has 0 unspecified atom stereocenters. The van der Waals surface area contributed by atoms with Gasteiger partial charge in [0.15, 0.2) is 5.78 Å². The number of hydrogen-bond donors (Lipinski definition) is 0. The summed E-state index contributed by atoms with van der Waals surface area (Å²) < 4.78 is 44.6. The van der Waals surface area contributed by atoms with Crippen LogP contribution in [-0.2, 0) is 17.1 Å². The SMILES string of the molecule is CC#CC(=O)N1CC[C@@H](c2nc(-c3ccc(C(=O)Cc4cc(C(C)(F)F)ccn4)cc3F)c3cnccn23)C1. The molecule has 7 nitrogen and oxygen atoms in total. The van der Waals surface area contributed by atoms with Crippen molar-refractivity contribution >= 4 is 17.2 Å². The second-order valence-corrected chi connectivity index (χ2v) is 9.48. The zero-order chi connectivity index (χ0) is 27.7. The number of carbonyl (C=O) groups is 2. The number of alkyl halides is 2. The van der Waals surface area contributed by atoms with Crippen LogP contribution in [0, 0.1) is 17.7 Å². The topological polar surface area (TPSA) is 80.5 Å². The summed E-state index contributed by atoms with van der Waals surface area (Å²) in [5, 5.41) is 0. The summed E-state index contributed by atoms with van der Waals surface area (Å²) in [6, 6.07) is 6.46. The molecule has 0 spiro atoms. The maximum absolute atomic E-state index is 15.4. The highest BCUT2D eigenvalue weighted by atomic mass is 19.3. The number of aromatic nitrogens is 4. The number of benzene rings is 1. The first-order valence-corrected chi connectivity index (χ1v) is 12.4. The van der Waals surface area contributed by atoms with Crippen molar-refractivity contribution in [3.63, 3.8) is 0 Å². The number of likely N-dealkylation sites (tertiary alicyclic amines) is 1. The van der Waals surface area contributed by atoms with E-state index in [0.29, 0.717) is 36.5 Å². The molecule has 0 N–H and O–H groups in total. The molecular weight excluding hydrogens is 507 g/mol. The van der Waals surface area contributed by atoms with Crippen molar-refractivity contribution in [3.8, 4) is 23.1 Å². The van der Waals surface area contributed by atoms with E-state index in [9.17, 15) is 18.4 Å². The molecule has 10 heteroatoms. The fraction of sp³-hybridized carbons (Fsp3) is 0.276. The number of pyridine rings is 1. The van der Waals surface area contributed by atoms with E-state index in [1.807, 2.05) is 4.40 Å². The van der Waals surface area contributed by atoms with E-state index in [1.165, 1.54) is 30.5 Å². The maximum atomic E-state index is 15.4. The Kier molecular flexibility index (Phi) is 6.91. The van der Waals surface area contributed by atoms with Crippen molar-refractivity contribution in [1.29, 1.82) is 0 Å². The Morgan fingerprint density at radius 1 is 1.18 bits per heavy atom. The third kappa shape index (κ3) is 5.25. The minimum Gasteiger partial charge on any atom is -0.331 e. The lowest BCUT2D eigenvalue weighted by molar-refractivity contribution is -0.124. The van der Waals surface area contributed by atoms with Crippen LogP contribution in [0.15, 0.2) is 55.1 Å². The molecule has 3 aromatic heterocycles. The highest BCUT2D eigenvalue weighted by Crippen LogP contribution is 2.33. The Morgan fingerprint density at radius 2 is 2.00 bits per heavy atom. The second-order valence-electron chi connectivity index (χ2n) is 9.48. The monoisotopic (exact) mass is 531 g/mol. The maximum Gasteiger partial charge on any atom is 0.298 e. The molecular formula is C29H24F3N5O2. The fourth-order valence-electron chi connectivity index (χ4n) is 4.78. The Morgan fingerprint density at radius 3 is 2.74 bits per heavy atom. The van der Waals surface area contributed by atoms with Crippen molar-refractivity contribution in [1.82, 2.24) is 24.3 Å². The van der Waals surface area contributed by atoms with E-state index in [4.69, 9.17) is 4.98 Å². The van der Waals surface area contributed by atoms with E-state index in [2.05, 4.69) is 21.8 Å². The summed E-state index contributed by atoms with van der Waals surface area (Å²) in [7, 11) is 0. The van der Waals surface area contributed by atoms with Crippen LogP contribution in [0.5, 0.6) is 0 Å². The minimum absolute atomic E-state index is 0.0704. The van der Waals surface area contributed by atoms with Gasteiger partial charge in [-0.25, -0.2) is 18.2 Å². The van der Waals surface area contributed by atoms with E-state index in [-0.39, 0.29) is 40.6 Å². The van der Waals surface area contributed by atoms with Gasteiger partial charge in [0.2, 0.25) is 0 Å². The van der Waals surface area contributed by atoms with Crippen molar-refractivity contribution < 1.29 is 22.8 Å². The lowest BCUT2D eigenvalue weighted by Crippen LogP contribution is -2.27. The Bertz CT molecular complexity index is 1650. The van der Waals surface area contributed by atoms with Crippen LogP contribution in [-0.4, -0.2) is 49.0 Å². The lowest BCUT2D eigenvalue weighted by atomic mass is 10.0. The van der Waals surface area contributed by atoms with Crippen molar-refractivity contribution in [2.75, 3.05) is 13.1 Å². The summed E-state index contributed by atoms with van der Waals surface area (Å²) in [6.45, 7) is 3.38. The second kappa shape index (κ2) is 10.3. The Hall–Kier alpha value is -4.52. The molecule has 0 aliphatic carbocycles. The number of rotatable bonds is 6. The van der Waals surface area contributed by atoms with Crippen LogP contribution in [0.4, 0.5) is 13.2 Å². The molecule has 4 aromatic rings. The van der Waals surface area contributed by atoms with Crippen molar-refractivity contribution in [2.24, 2.45) is 0 Å². The molecule has 1 aromatic carbocycles. The smallest absolute Gasteiger partial charge is 0.298 e. The van der Waals surface area contributed by atoms with Crippen LogP contribution < -0.4 is 0 Å². The Labute approximate surface area is 222 Å². The first-order chi connectivity index (χ1) is 18.7. The van der Waals surface area contributed by atoms with Crippen LogP contribution in [0.2, 0.25) is 0 Å². The molecule has 5 rings (SSSR count). The third-order valence-corrected chi connectivity index (χ3v) is 6.76. The average Bonchev–Trinajstić information content (AvgIpc) is 3.54. The largest absolute Gasteiger partial charge is 0.331 e. The van der Waals surface area contributed by atoms with Gasteiger partial charge in [0.1, 0.15) is 17.3 Å². The zero-order valence-corrected chi connectivity index (χ0v) is 21.3. The summed E-state index contributed by atoms with van der Waals surface area (Å²) >= 11 is 0. The van der Waals surface area contributed by atoms with Gasteiger partial charge in [-0.2, -0.15) is 0 Å². The molecule has 1 aliphatic heterocycles. The van der Waals surface area contributed by atoms with Crippen LogP contribution >= 0.6 is 0 Å². The quantitative estimate of drug-likeness (QED) is 0.264. The van der Waals surface area contributed by atoms with E-state index < -0.39 is 17.5 Å². The number of hydrogen-bond acceptors (Lipinski definition) is 5. The molecule has 1 atom stereocenters. The number of imidazole rings is 1. The van der Waals surface area contributed by atoms with Gasteiger partial charge in [-0.05, 0) is 43.5 Å². The van der Waals surface area contributed by atoms with E-state index in [1.54, 1.807) is 30.4 Å². The van der Waals surface area contributed by atoms with Gasteiger partial charge in [-0.3, -0.25) is 24.0 Å². The van der Waals surface area contributed by atoms with E-state index in [0.717, 1.165) is 13.0 Å². The standard InChI is InChI=1S/C29H24F3N5O2/c1-3-4-26(39)36-11-8-19(17-36)28-35-27(24-16-33-10-12-37(24)28)22-6-5-18(13-23(22)30)25(38)15-21-14-20(7-9-34-21)29(2,31)32/h5-7,9-10,12-14,16,19H,8,11,15,17H2,1-2H3/t19-/m1/s1. The number of ketones is 1. The van der Waals surface area contributed by atoms with Crippen LogP contribution in [0.1, 0.15) is 53.6 Å². The summed E-state index contributed by atoms with van der Waals surface area (Å²) in [4.78, 5) is 39.7. The van der Waals surface area contributed by atoms with Gasteiger partial charge in [-0.15, -0.1) is 0 Å². The lowest BCUT2D eigenvalue weighted by Gasteiger charge is -2.12. The van der Waals surface area contributed by atoms with Crippen LogP contribution in [0.3, 0.4) is 0 Å². The Balaban J connectivity index is 1.42. The van der Waals surface area contributed by atoms with Crippen molar-refractivity contribution in [3.05, 3.63) is 83.6 Å². The van der Waals surface area contributed by atoms with Crippen LogP contribution in [0.25, 0.3) is 16.8 Å². The molecule has 1 aliphatic rings. The number of nitrogens with zero attached hydrogens (tertiary/aromatic N) is 5. The summed E-state index contributed by atoms with van der Waals surface area (Å²) in [5.74, 6) is 1.39. The van der Waals surface area contributed by atoms with Gasteiger partial charge < -0.3 is 4.90 Å². The van der Waals surface area contributed by atoms with Gasteiger partial charge in [0, 0.05) is 66.9 Å². The molecule has 1 saturated heterocycles. The highest BCUT2D eigenvalue weighted by Gasteiger charge is 2.31. The first kappa shape index (κ1) is 26.1. The third-order valence-electron chi connectivity index (χ3n) is 6.76. The molecule has 39 heavy (non-hydrogen) atoms. The molecule has 4 heterocycles. The predicted molar refractivity (Wildman–Crippen MR) is 138 cm³/mol. The van der Waals surface area contributed by atoms with Crippen molar-refractivity contribution in [2.45, 2.75) is 38.5 Å². The highest BCUT2D eigenvalue weighted by molar-refractivity contribution is 5.98. The molecule has 0 radical (unpaired) electrons. The van der Waals surface area contributed by atoms with Gasteiger partial charge in [-0.1, -0.05) is 12.0 Å². The zero-order valence-electron chi connectivity index (χ0n) is 21.3. The molecule has 0 saturated carbocycles. The van der Waals surface area contributed by atoms with Gasteiger partial charge in [0.05, 0.1) is 18.1 Å². The first-order valence-electron chi connectivity index (χ1n) is 12.4.